The van der Waals surface area contributed by atoms with E-state index < -0.39 is 6.10 Å². The minimum absolute atomic E-state index is 0.0992. The molecule has 0 aliphatic carbocycles. The zero-order chi connectivity index (χ0) is 40.7. The lowest BCUT2D eigenvalue weighted by Gasteiger charge is -2.15. The number of hydrogen-bond donors (Lipinski definition) is 1. The van der Waals surface area contributed by atoms with Crippen LogP contribution in [0.25, 0.3) is 0 Å². The lowest BCUT2D eigenvalue weighted by Crippen LogP contribution is -2.28. The molecule has 0 radical (unpaired) electrons. The van der Waals surface area contributed by atoms with Gasteiger partial charge < -0.3 is 14.6 Å². The van der Waals surface area contributed by atoms with Gasteiger partial charge in [0.05, 0.1) is 6.61 Å². The van der Waals surface area contributed by atoms with Gasteiger partial charge in [-0.05, 0) is 103 Å². The topological polar surface area (TPSA) is 72.8 Å². The third-order valence-corrected chi connectivity index (χ3v) is 8.75. The van der Waals surface area contributed by atoms with Crippen LogP contribution in [0.5, 0.6) is 0 Å². The molecule has 1 unspecified atom stereocenters. The fourth-order valence-electron chi connectivity index (χ4n) is 5.49. The zero-order valence-corrected chi connectivity index (χ0v) is 35.6. The van der Waals surface area contributed by atoms with Crippen molar-refractivity contribution in [1.29, 1.82) is 0 Å². The molecule has 0 spiro atoms. The van der Waals surface area contributed by atoms with Crippen LogP contribution in [0, 0.1) is 0 Å². The molecule has 0 aliphatic rings. The van der Waals surface area contributed by atoms with Crippen molar-refractivity contribution in [3.05, 3.63) is 122 Å². The van der Waals surface area contributed by atoms with E-state index in [0.29, 0.717) is 12.8 Å². The number of ether oxygens (including phenoxy) is 2. The number of allylic oxidation sites excluding steroid dienone is 20. The summed E-state index contributed by atoms with van der Waals surface area (Å²) in [4.78, 5) is 24.3. The molecule has 0 heterocycles. The summed E-state index contributed by atoms with van der Waals surface area (Å²) < 4.78 is 10.6. The van der Waals surface area contributed by atoms with E-state index in [1.807, 2.05) is 0 Å². The monoisotopic (exact) mass is 773 g/mol. The normalized spacial score (nSPS) is 13.4. The van der Waals surface area contributed by atoms with Crippen LogP contribution in [0.15, 0.2) is 122 Å². The molecule has 1 atom stereocenters. The molecule has 0 bridgehead atoms. The van der Waals surface area contributed by atoms with Crippen molar-refractivity contribution in [2.75, 3.05) is 13.2 Å². The van der Waals surface area contributed by atoms with E-state index in [2.05, 4.69) is 135 Å². The molecule has 1 N–H and O–H groups in total. The Balaban J connectivity index is 3.66. The van der Waals surface area contributed by atoms with Crippen LogP contribution in [0.2, 0.25) is 0 Å². The molecular formula is C51H80O5. The van der Waals surface area contributed by atoms with Crippen LogP contribution in [-0.2, 0) is 19.1 Å². The number of hydrogen-bond acceptors (Lipinski definition) is 5. The molecule has 5 heteroatoms. The number of esters is 2. The molecule has 314 valence electrons. The van der Waals surface area contributed by atoms with Gasteiger partial charge in [0.1, 0.15) is 6.61 Å². The molecule has 0 saturated carbocycles. The van der Waals surface area contributed by atoms with Crippen molar-refractivity contribution in [2.45, 2.75) is 174 Å². The Morgan fingerprint density at radius 2 is 0.714 bits per heavy atom. The second-order valence-electron chi connectivity index (χ2n) is 14.0. The average molecular weight is 773 g/mol. The molecule has 5 nitrogen and oxygen atoms in total. The maximum absolute atomic E-state index is 12.2. The first kappa shape index (κ1) is 52.3. The van der Waals surface area contributed by atoms with Crippen molar-refractivity contribution in [3.8, 4) is 0 Å². The van der Waals surface area contributed by atoms with E-state index in [1.165, 1.54) is 32.1 Å². The van der Waals surface area contributed by atoms with Crippen molar-refractivity contribution >= 4 is 11.9 Å². The van der Waals surface area contributed by atoms with E-state index in [4.69, 9.17) is 9.47 Å². The summed E-state index contributed by atoms with van der Waals surface area (Å²) in [7, 11) is 0. The molecule has 0 rings (SSSR count). The quantitative estimate of drug-likeness (QED) is 0.0384. The van der Waals surface area contributed by atoms with Gasteiger partial charge in [-0.25, -0.2) is 0 Å². The molecule has 0 aromatic heterocycles. The molecule has 0 aliphatic heterocycles. The van der Waals surface area contributed by atoms with Gasteiger partial charge in [0.25, 0.3) is 0 Å². The number of unbranched alkanes of at least 4 members (excludes halogenated alkanes) is 10. The number of aliphatic hydroxyl groups excluding tert-OH is 1. The molecule has 0 aromatic rings. The standard InChI is InChI=1S/C51H80O5/c1-3-5-7-9-11-13-15-17-19-20-21-22-23-24-25-26-27-28-29-30-32-34-36-38-40-42-44-46-51(54)56-49(47-52)48-55-50(53)45-43-41-39-37-35-33-31-18-16-14-12-10-8-6-4-2/h5-8,11-14,17-19,21-22,24-25,27-28,31,35,37,49,52H,3-4,9-10,15-16,20,23,26,29-30,32-34,36,38-48H2,1-2H3/b7-5-,8-6-,13-11-,14-12-,19-17-,22-21-,25-24-,28-27-,31-18-,37-35-. The summed E-state index contributed by atoms with van der Waals surface area (Å²) >= 11 is 0. The van der Waals surface area contributed by atoms with Gasteiger partial charge in [-0.3, -0.25) is 9.59 Å². The Hall–Kier alpha value is -3.70. The third kappa shape index (κ3) is 43.0. The summed E-state index contributed by atoms with van der Waals surface area (Å²) in [5, 5.41) is 9.58. The van der Waals surface area contributed by atoms with Gasteiger partial charge in [-0.2, -0.15) is 0 Å². The Morgan fingerprint density at radius 1 is 0.411 bits per heavy atom. The number of carbonyl (C=O) groups excluding carboxylic acids is 2. The van der Waals surface area contributed by atoms with Gasteiger partial charge in [0, 0.05) is 12.8 Å². The Bertz CT molecular complexity index is 1190. The maximum Gasteiger partial charge on any atom is 0.306 e. The second kappa shape index (κ2) is 45.7. The minimum atomic E-state index is -0.802. The molecule has 0 fully saturated rings. The first-order valence-corrected chi connectivity index (χ1v) is 22.1. The molecule has 56 heavy (non-hydrogen) atoms. The smallest absolute Gasteiger partial charge is 0.306 e. The van der Waals surface area contributed by atoms with Gasteiger partial charge in [-0.1, -0.05) is 174 Å². The van der Waals surface area contributed by atoms with Crippen molar-refractivity contribution in [1.82, 2.24) is 0 Å². The van der Waals surface area contributed by atoms with Gasteiger partial charge >= 0.3 is 11.9 Å². The fraction of sp³-hybridized carbons (Fsp3) is 0.569. The molecule has 0 saturated heterocycles. The average Bonchev–Trinajstić information content (AvgIpc) is 3.20. The highest BCUT2D eigenvalue weighted by Crippen LogP contribution is 2.12. The molecular weight excluding hydrogens is 693 g/mol. The van der Waals surface area contributed by atoms with Gasteiger partial charge in [0.2, 0.25) is 0 Å². The fourth-order valence-corrected chi connectivity index (χ4v) is 5.49. The number of rotatable bonds is 38. The molecule has 0 aromatic carbocycles. The van der Waals surface area contributed by atoms with Crippen molar-refractivity contribution in [2.24, 2.45) is 0 Å². The Kier molecular flexibility index (Phi) is 42.7. The van der Waals surface area contributed by atoms with Gasteiger partial charge in [-0.15, -0.1) is 0 Å². The summed E-state index contributed by atoms with van der Waals surface area (Å²) in [6.07, 6.45) is 67.0. The van der Waals surface area contributed by atoms with Crippen LogP contribution in [0.1, 0.15) is 168 Å². The lowest BCUT2D eigenvalue weighted by molar-refractivity contribution is -0.161. The highest BCUT2D eigenvalue weighted by Gasteiger charge is 2.16. The van der Waals surface area contributed by atoms with E-state index >= 15 is 0 Å². The first-order valence-electron chi connectivity index (χ1n) is 22.1. The van der Waals surface area contributed by atoms with Crippen LogP contribution < -0.4 is 0 Å². The van der Waals surface area contributed by atoms with E-state index in [1.54, 1.807) is 0 Å². The first-order chi connectivity index (χ1) is 27.6. The van der Waals surface area contributed by atoms with Crippen LogP contribution in [0.4, 0.5) is 0 Å². The Labute approximate surface area is 343 Å². The van der Waals surface area contributed by atoms with Crippen LogP contribution in [0.3, 0.4) is 0 Å². The summed E-state index contributed by atoms with van der Waals surface area (Å²) in [6.45, 7) is 3.85. The highest BCUT2D eigenvalue weighted by atomic mass is 16.6. The summed E-state index contributed by atoms with van der Waals surface area (Å²) in [5.74, 6) is -0.661. The summed E-state index contributed by atoms with van der Waals surface area (Å²) in [6, 6.07) is 0. The van der Waals surface area contributed by atoms with Crippen LogP contribution in [-0.4, -0.2) is 36.4 Å². The second-order valence-corrected chi connectivity index (χ2v) is 14.0. The largest absolute Gasteiger partial charge is 0.462 e. The number of aliphatic hydroxyl groups is 1. The van der Waals surface area contributed by atoms with Crippen LogP contribution >= 0.6 is 0 Å². The zero-order valence-electron chi connectivity index (χ0n) is 35.6. The summed E-state index contributed by atoms with van der Waals surface area (Å²) in [5.41, 5.74) is 0. The number of carbonyl (C=O) groups is 2. The lowest BCUT2D eigenvalue weighted by atomic mass is 10.1. The van der Waals surface area contributed by atoms with Gasteiger partial charge in [0.15, 0.2) is 6.10 Å². The van der Waals surface area contributed by atoms with Crippen molar-refractivity contribution < 1.29 is 24.2 Å². The van der Waals surface area contributed by atoms with Crippen molar-refractivity contribution in [3.63, 3.8) is 0 Å². The predicted octanol–water partition coefficient (Wildman–Crippen LogP) is 14.4. The van der Waals surface area contributed by atoms with E-state index in [9.17, 15) is 14.7 Å². The molecule has 0 amide bonds. The highest BCUT2D eigenvalue weighted by molar-refractivity contribution is 5.70. The predicted molar refractivity (Wildman–Crippen MR) is 241 cm³/mol. The minimum Gasteiger partial charge on any atom is -0.462 e. The third-order valence-electron chi connectivity index (χ3n) is 8.75. The van der Waals surface area contributed by atoms with E-state index in [0.717, 1.165) is 109 Å². The Morgan fingerprint density at radius 3 is 1.11 bits per heavy atom. The SMILES string of the molecule is CC/C=C\C/C=C\C/C=C\C/C=C\C/C=C\C/C=C\CCCCCCCCCCC(=O)OC(CO)COC(=O)CCCC/C=C\C/C=C\C/C=C\C/C=C\CC. The van der Waals surface area contributed by atoms with E-state index in [-0.39, 0.29) is 25.2 Å². The maximum atomic E-state index is 12.2.